The van der Waals surface area contributed by atoms with Crippen molar-refractivity contribution in [2.45, 2.75) is 44.4 Å². The van der Waals surface area contributed by atoms with Gasteiger partial charge in [-0.3, -0.25) is 0 Å². The Morgan fingerprint density at radius 2 is 1.97 bits per heavy atom. The summed E-state index contributed by atoms with van der Waals surface area (Å²) < 4.78 is 40.3. The Morgan fingerprint density at radius 3 is 2.57 bits per heavy atom. The lowest BCUT2D eigenvalue weighted by atomic mass is 9.78. The number of benzene rings is 1. The smallest absolute Gasteiger partial charge is 0.365 e. The molecule has 3 aromatic rings. The highest BCUT2D eigenvalue weighted by atomic mass is 35.5. The average Bonchev–Trinajstić information content (AvgIpc) is 3.03. The van der Waals surface area contributed by atoms with E-state index < -0.39 is 11.7 Å². The summed E-state index contributed by atoms with van der Waals surface area (Å²) in [6, 6.07) is 5.27. The van der Waals surface area contributed by atoms with E-state index in [1.54, 1.807) is 6.33 Å². The Bertz CT molecular complexity index is 1040. The predicted molar refractivity (Wildman–Crippen MR) is 110 cm³/mol. The molecule has 1 N–H and O–H groups in total. The number of nitrogens with one attached hydrogen (secondary N) is 1. The lowest BCUT2D eigenvalue weighted by molar-refractivity contribution is -0.137. The van der Waals surface area contributed by atoms with Crippen LogP contribution in [0.1, 0.15) is 36.8 Å². The Kier molecular flexibility index (Phi) is 5.69. The minimum Gasteiger partial charge on any atom is -0.365 e. The molecular weight excluding hydrogens is 415 g/mol. The molecule has 0 saturated heterocycles. The Balaban J connectivity index is 1.65. The quantitative estimate of drug-likeness (QED) is 0.382. The van der Waals surface area contributed by atoms with Gasteiger partial charge in [0.2, 0.25) is 5.28 Å². The van der Waals surface area contributed by atoms with E-state index in [0.29, 0.717) is 35.0 Å². The minimum absolute atomic E-state index is 0.0933. The Morgan fingerprint density at radius 1 is 1.23 bits per heavy atom. The maximum atomic E-state index is 12.8. The van der Waals surface area contributed by atoms with E-state index in [1.165, 1.54) is 18.6 Å². The van der Waals surface area contributed by atoms with Crippen molar-refractivity contribution in [3.05, 3.63) is 59.7 Å². The van der Waals surface area contributed by atoms with Gasteiger partial charge in [-0.25, -0.2) is 4.98 Å². The molecule has 0 radical (unpaired) electrons. The number of imidazole rings is 1. The number of halogens is 4. The highest BCUT2D eigenvalue weighted by Crippen LogP contribution is 2.34. The first-order chi connectivity index (χ1) is 14.3. The maximum absolute atomic E-state index is 12.8. The van der Waals surface area contributed by atoms with Crippen molar-refractivity contribution in [3.8, 4) is 0 Å². The number of anilines is 1. The molecule has 4 rings (SSSR count). The Labute approximate surface area is 177 Å². The Hall–Kier alpha value is -2.61. The van der Waals surface area contributed by atoms with Crippen LogP contribution in [0.5, 0.6) is 0 Å². The van der Waals surface area contributed by atoms with E-state index >= 15 is 0 Å². The molecule has 158 valence electrons. The van der Waals surface area contributed by atoms with E-state index in [2.05, 4.69) is 26.8 Å². The second-order valence-electron chi connectivity index (χ2n) is 7.55. The SMILES string of the molecule is C=CCC(Nc1nc(Cl)nc2ncn(Cc3ccc(C(F)(F)F)cc3)c12)C1CCC1. The summed E-state index contributed by atoms with van der Waals surface area (Å²) in [6.45, 7) is 4.19. The van der Waals surface area contributed by atoms with Crippen LogP contribution < -0.4 is 5.32 Å². The van der Waals surface area contributed by atoms with Gasteiger partial charge in [0, 0.05) is 12.6 Å². The molecule has 9 heteroatoms. The normalized spacial score (nSPS) is 15.7. The van der Waals surface area contributed by atoms with Crippen LogP contribution in [-0.4, -0.2) is 25.6 Å². The van der Waals surface area contributed by atoms with Crippen LogP contribution in [0.2, 0.25) is 5.28 Å². The fraction of sp³-hybridized carbons (Fsp3) is 0.381. The van der Waals surface area contributed by atoms with Gasteiger partial charge in [-0.1, -0.05) is 24.6 Å². The van der Waals surface area contributed by atoms with Crippen LogP contribution in [0.3, 0.4) is 0 Å². The van der Waals surface area contributed by atoms with Crippen molar-refractivity contribution in [1.29, 1.82) is 0 Å². The molecular formula is C21H21ClF3N5. The summed E-state index contributed by atoms with van der Waals surface area (Å²) in [5, 5.41) is 3.58. The summed E-state index contributed by atoms with van der Waals surface area (Å²) in [5.41, 5.74) is 1.15. The van der Waals surface area contributed by atoms with Crippen molar-refractivity contribution < 1.29 is 13.2 Å². The number of hydrogen-bond acceptors (Lipinski definition) is 4. The summed E-state index contributed by atoms with van der Waals surface area (Å²) >= 11 is 6.10. The van der Waals surface area contributed by atoms with Gasteiger partial charge in [-0.15, -0.1) is 6.58 Å². The van der Waals surface area contributed by atoms with Gasteiger partial charge in [0.25, 0.3) is 0 Å². The van der Waals surface area contributed by atoms with E-state index in [9.17, 15) is 13.2 Å². The fourth-order valence-electron chi connectivity index (χ4n) is 3.74. The van der Waals surface area contributed by atoms with Gasteiger partial charge in [-0.2, -0.15) is 23.1 Å². The first-order valence-electron chi connectivity index (χ1n) is 9.77. The molecule has 0 bridgehead atoms. The number of alkyl halides is 3. The van der Waals surface area contributed by atoms with Gasteiger partial charge in [-0.05, 0) is 54.5 Å². The van der Waals surface area contributed by atoms with Crippen molar-refractivity contribution in [2.75, 3.05) is 5.32 Å². The van der Waals surface area contributed by atoms with Crippen LogP contribution in [0.4, 0.5) is 19.0 Å². The summed E-state index contributed by atoms with van der Waals surface area (Å²) in [6.07, 6.45) is 3.44. The fourth-order valence-corrected chi connectivity index (χ4v) is 3.90. The van der Waals surface area contributed by atoms with Gasteiger partial charge in [0.15, 0.2) is 11.5 Å². The van der Waals surface area contributed by atoms with Crippen LogP contribution in [-0.2, 0) is 12.7 Å². The molecule has 1 atom stereocenters. The molecule has 5 nitrogen and oxygen atoms in total. The summed E-state index contributed by atoms with van der Waals surface area (Å²) in [7, 11) is 0. The largest absolute Gasteiger partial charge is 0.416 e. The molecule has 0 amide bonds. The number of hydrogen-bond donors (Lipinski definition) is 1. The van der Waals surface area contributed by atoms with Crippen LogP contribution in [0, 0.1) is 5.92 Å². The lowest BCUT2D eigenvalue weighted by Crippen LogP contribution is -2.33. The molecule has 1 aliphatic rings. The third-order valence-corrected chi connectivity index (χ3v) is 5.71. The van der Waals surface area contributed by atoms with Crippen molar-refractivity contribution in [1.82, 2.24) is 19.5 Å². The van der Waals surface area contributed by atoms with Crippen molar-refractivity contribution >= 4 is 28.6 Å². The van der Waals surface area contributed by atoms with Gasteiger partial charge >= 0.3 is 6.18 Å². The topological polar surface area (TPSA) is 55.6 Å². The monoisotopic (exact) mass is 435 g/mol. The lowest BCUT2D eigenvalue weighted by Gasteiger charge is -2.34. The number of aromatic nitrogens is 4. The first kappa shape index (κ1) is 20.7. The van der Waals surface area contributed by atoms with Crippen molar-refractivity contribution in [2.24, 2.45) is 5.92 Å². The number of nitrogens with zero attached hydrogens (tertiary/aromatic N) is 4. The molecule has 0 spiro atoms. The van der Waals surface area contributed by atoms with Gasteiger partial charge in [0.1, 0.15) is 5.52 Å². The van der Waals surface area contributed by atoms with E-state index in [4.69, 9.17) is 11.6 Å². The second kappa shape index (κ2) is 8.26. The summed E-state index contributed by atoms with van der Waals surface area (Å²) in [5.74, 6) is 1.12. The van der Waals surface area contributed by atoms with E-state index in [-0.39, 0.29) is 11.3 Å². The molecule has 2 heterocycles. The van der Waals surface area contributed by atoms with Gasteiger partial charge in [0.05, 0.1) is 11.9 Å². The third kappa shape index (κ3) is 4.28. The standard InChI is InChI=1S/C21H21ClF3N5/c1-2-4-16(14-5-3-6-14)27-19-17-18(28-20(22)29-19)26-12-30(17)11-13-7-9-15(10-8-13)21(23,24)25/h2,7-10,12,14,16H,1,3-6,11H2,(H,27,28,29). The number of rotatable bonds is 7. The molecule has 1 aromatic carbocycles. The van der Waals surface area contributed by atoms with Crippen molar-refractivity contribution in [3.63, 3.8) is 0 Å². The van der Waals surface area contributed by atoms with Gasteiger partial charge < -0.3 is 9.88 Å². The third-order valence-electron chi connectivity index (χ3n) is 5.54. The molecule has 1 unspecified atom stereocenters. The van der Waals surface area contributed by atoms with Crippen LogP contribution >= 0.6 is 11.6 Å². The highest BCUT2D eigenvalue weighted by Gasteiger charge is 2.30. The minimum atomic E-state index is -4.36. The zero-order chi connectivity index (χ0) is 21.3. The predicted octanol–water partition coefficient (Wildman–Crippen LogP) is 5.70. The first-order valence-corrected chi connectivity index (χ1v) is 10.1. The maximum Gasteiger partial charge on any atom is 0.416 e. The van der Waals surface area contributed by atoms with E-state index in [1.807, 2.05) is 10.6 Å². The highest BCUT2D eigenvalue weighted by molar-refractivity contribution is 6.28. The van der Waals surface area contributed by atoms with Crippen LogP contribution in [0.25, 0.3) is 11.2 Å². The average molecular weight is 436 g/mol. The molecule has 1 saturated carbocycles. The molecule has 1 fully saturated rings. The zero-order valence-corrected chi connectivity index (χ0v) is 16.9. The zero-order valence-electron chi connectivity index (χ0n) is 16.2. The van der Waals surface area contributed by atoms with Crippen LogP contribution in [0.15, 0.2) is 43.2 Å². The number of fused-ring (bicyclic) bond motifs is 1. The second-order valence-corrected chi connectivity index (χ2v) is 7.88. The molecule has 2 aromatic heterocycles. The molecule has 1 aliphatic carbocycles. The molecule has 30 heavy (non-hydrogen) atoms. The summed E-state index contributed by atoms with van der Waals surface area (Å²) in [4.78, 5) is 12.9. The van der Waals surface area contributed by atoms with E-state index in [0.717, 1.165) is 31.4 Å². The molecule has 0 aliphatic heterocycles.